The van der Waals surface area contributed by atoms with Crippen molar-refractivity contribution in [2.45, 2.75) is 25.4 Å². The topological polar surface area (TPSA) is 54.4 Å². The molecule has 1 N–H and O–H groups in total. The van der Waals surface area contributed by atoms with Crippen LogP contribution in [0, 0.1) is 6.92 Å². The Morgan fingerprint density at radius 1 is 1.50 bits per heavy atom. The first-order chi connectivity index (χ1) is 7.32. The molecule has 0 heterocycles. The van der Waals surface area contributed by atoms with Crippen molar-refractivity contribution < 1.29 is 13.5 Å². The van der Waals surface area contributed by atoms with E-state index in [0.29, 0.717) is 18.4 Å². The van der Waals surface area contributed by atoms with E-state index in [-0.39, 0.29) is 0 Å². The molecule has 16 heavy (non-hydrogen) atoms. The van der Waals surface area contributed by atoms with Crippen LogP contribution in [0.1, 0.15) is 23.1 Å². The van der Waals surface area contributed by atoms with Gasteiger partial charge in [-0.25, -0.2) is 8.42 Å². The van der Waals surface area contributed by atoms with Crippen LogP contribution in [-0.2, 0) is 21.1 Å². The summed E-state index contributed by atoms with van der Waals surface area (Å²) in [7, 11) is 1.52. The minimum Gasteiger partial charge on any atom is -0.384 e. The monoisotopic (exact) mass is 260 g/mol. The maximum atomic E-state index is 11.1. The summed E-state index contributed by atoms with van der Waals surface area (Å²) < 4.78 is 22.2. The molecule has 0 bridgehead atoms. The van der Waals surface area contributed by atoms with Crippen molar-refractivity contribution in [1.82, 2.24) is 0 Å². The van der Waals surface area contributed by atoms with E-state index >= 15 is 0 Å². The highest BCUT2D eigenvalue weighted by Gasteiger charge is 2.40. The molecule has 0 spiro atoms. The van der Waals surface area contributed by atoms with Gasteiger partial charge in [0.15, 0.2) is 0 Å². The van der Waals surface area contributed by atoms with Crippen molar-refractivity contribution in [3.05, 3.63) is 34.9 Å². The summed E-state index contributed by atoms with van der Waals surface area (Å²) in [5.41, 5.74) is 1.52. The first-order valence-electron chi connectivity index (χ1n) is 5.05. The van der Waals surface area contributed by atoms with Gasteiger partial charge < -0.3 is 5.11 Å². The Balaban J connectivity index is 2.47. The van der Waals surface area contributed by atoms with Crippen LogP contribution in [0.25, 0.3) is 0 Å². The summed E-state index contributed by atoms with van der Waals surface area (Å²) in [4.78, 5) is 0. The van der Waals surface area contributed by atoms with Crippen LogP contribution in [-0.4, -0.2) is 19.3 Å². The summed E-state index contributed by atoms with van der Waals surface area (Å²) in [6.07, 6.45) is 1.12. The molecule has 0 radical (unpaired) electrons. The molecule has 1 aliphatic carbocycles. The number of hydrogen-bond acceptors (Lipinski definition) is 3. The Morgan fingerprint density at radius 3 is 2.81 bits per heavy atom. The number of benzene rings is 1. The van der Waals surface area contributed by atoms with Gasteiger partial charge in [-0.05, 0) is 36.5 Å². The van der Waals surface area contributed by atoms with Crippen molar-refractivity contribution in [3.63, 3.8) is 0 Å². The van der Waals surface area contributed by atoms with Gasteiger partial charge in [-0.1, -0.05) is 18.2 Å². The number of halogens is 1. The normalized spacial score (nSPS) is 24.4. The molecule has 0 fully saturated rings. The van der Waals surface area contributed by atoms with Crippen LogP contribution < -0.4 is 0 Å². The van der Waals surface area contributed by atoms with E-state index in [0.717, 1.165) is 11.1 Å². The van der Waals surface area contributed by atoms with Crippen molar-refractivity contribution >= 4 is 19.7 Å². The molecule has 5 heteroatoms. The van der Waals surface area contributed by atoms with Gasteiger partial charge in [-0.3, -0.25) is 0 Å². The van der Waals surface area contributed by atoms with Gasteiger partial charge in [0.2, 0.25) is 9.05 Å². The Morgan fingerprint density at radius 2 is 2.19 bits per heavy atom. The maximum absolute atomic E-state index is 11.1. The first-order valence-corrected chi connectivity index (χ1v) is 7.53. The van der Waals surface area contributed by atoms with Gasteiger partial charge >= 0.3 is 0 Å². The zero-order valence-corrected chi connectivity index (χ0v) is 10.5. The van der Waals surface area contributed by atoms with Crippen LogP contribution in [0.15, 0.2) is 18.2 Å². The second kappa shape index (κ2) is 3.72. The molecule has 0 saturated carbocycles. The van der Waals surface area contributed by atoms with Crippen LogP contribution in [0.3, 0.4) is 0 Å². The van der Waals surface area contributed by atoms with E-state index in [9.17, 15) is 13.5 Å². The van der Waals surface area contributed by atoms with Crippen LogP contribution in [0.2, 0.25) is 0 Å². The van der Waals surface area contributed by atoms with Crippen LogP contribution in [0.4, 0.5) is 0 Å². The molecule has 88 valence electrons. The number of aryl methyl sites for hydroxylation is 1. The summed E-state index contributed by atoms with van der Waals surface area (Å²) >= 11 is 0. The average Bonchev–Trinajstić information content (AvgIpc) is 2.42. The molecular formula is C11H13ClO3S. The lowest BCUT2D eigenvalue weighted by Crippen LogP contribution is -2.30. The molecule has 3 nitrogen and oxygen atoms in total. The van der Waals surface area contributed by atoms with Gasteiger partial charge in [0, 0.05) is 10.7 Å². The molecule has 0 amide bonds. The van der Waals surface area contributed by atoms with E-state index in [4.69, 9.17) is 10.7 Å². The fourth-order valence-electron chi connectivity index (χ4n) is 2.37. The summed E-state index contributed by atoms with van der Waals surface area (Å²) in [5.74, 6) is -0.419. The smallest absolute Gasteiger partial charge is 0.235 e. The second-order valence-electron chi connectivity index (χ2n) is 4.32. The third-order valence-electron chi connectivity index (χ3n) is 3.11. The zero-order valence-electron chi connectivity index (χ0n) is 8.90. The predicted octanol–water partition coefficient (Wildman–Crippen LogP) is 1.70. The van der Waals surface area contributed by atoms with Gasteiger partial charge in [-0.15, -0.1) is 0 Å². The first kappa shape index (κ1) is 11.9. The number of fused-ring (bicyclic) bond motifs is 1. The highest BCUT2D eigenvalue weighted by molar-refractivity contribution is 8.13. The van der Waals surface area contributed by atoms with Gasteiger partial charge in [0.25, 0.3) is 0 Å². The molecule has 1 atom stereocenters. The van der Waals surface area contributed by atoms with Crippen molar-refractivity contribution in [1.29, 1.82) is 0 Å². The molecule has 1 aromatic carbocycles. The average molecular weight is 261 g/mol. The molecule has 1 unspecified atom stereocenters. The third-order valence-corrected chi connectivity index (χ3v) is 4.26. The lowest BCUT2D eigenvalue weighted by Gasteiger charge is -2.22. The van der Waals surface area contributed by atoms with Gasteiger partial charge in [-0.2, -0.15) is 0 Å². The fourth-order valence-corrected chi connectivity index (χ4v) is 3.78. The van der Waals surface area contributed by atoms with Gasteiger partial charge in [0.1, 0.15) is 5.60 Å². The minimum absolute atomic E-state index is 0.416. The molecule has 0 saturated heterocycles. The van der Waals surface area contributed by atoms with Crippen molar-refractivity contribution in [2.75, 3.05) is 5.75 Å². The highest BCUT2D eigenvalue weighted by atomic mass is 35.7. The van der Waals surface area contributed by atoms with Crippen LogP contribution in [0.5, 0.6) is 0 Å². The fraction of sp³-hybridized carbons (Fsp3) is 0.455. The number of aliphatic hydroxyl groups is 1. The van der Waals surface area contributed by atoms with E-state index in [1.807, 2.05) is 19.1 Å². The van der Waals surface area contributed by atoms with E-state index in [2.05, 4.69) is 0 Å². The van der Waals surface area contributed by atoms with Crippen molar-refractivity contribution in [3.8, 4) is 0 Å². The minimum atomic E-state index is -3.70. The SMILES string of the molecule is Cc1cccc2c1CCC2(O)CS(=O)(=O)Cl. The van der Waals surface area contributed by atoms with E-state index in [1.165, 1.54) is 0 Å². The quantitative estimate of drug-likeness (QED) is 0.824. The van der Waals surface area contributed by atoms with Crippen LogP contribution >= 0.6 is 10.7 Å². The zero-order chi connectivity index (χ0) is 12.0. The molecule has 0 aromatic heterocycles. The van der Waals surface area contributed by atoms with Crippen molar-refractivity contribution in [2.24, 2.45) is 0 Å². The van der Waals surface area contributed by atoms with E-state index in [1.54, 1.807) is 6.07 Å². The lowest BCUT2D eigenvalue weighted by molar-refractivity contribution is 0.0633. The third kappa shape index (κ3) is 2.10. The summed E-state index contributed by atoms with van der Waals surface area (Å²) in [6.45, 7) is 1.96. The Hall–Kier alpha value is -0.580. The Kier molecular flexibility index (Phi) is 2.77. The maximum Gasteiger partial charge on any atom is 0.235 e. The summed E-state index contributed by atoms with van der Waals surface area (Å²) in [6, 6.07) is 5.56. The molecular weight excluding hydrogens is 248 g/mol. The standard InChI is InChI=1S/C11H13ClO3S/c1-8-3-2-4-10-9(8)5-6-11(10,13)7-16(12,14)15/h2-4,13H,5-7H2,1H3. The second-order valence-corrected chi connectivity index (χ2v) is 7.09. The summed E-state index contributed by atoms with van der Waals surface area (Å²) in [5, 5.41) is 10.3. The molecule has 1 aromatic rings. The largest absolute Gasteiger partial charge is 0.384 e. The predicted molar refractivity (Wildman–Crippen MR) is 63.0 cm³/mol. The Labute approximate surface area is 99.5 Å². The Bertz CT molecular complexity index is 524. The van der Waals surface area contributed by atoms with Gasteiger partial charge in [0.05, 0.1) is 5.75 Å². The number of rotatable bonds is 2. The lowest BCUT2D eigenvalue weighted by atomic mass is 9.97. The highest BCUT2D eigenvalue weighted by Crippen LogP contribution is 2.39. The molecule has 1 aliphatic rings. The molecule has 2 rings (SSSR count). The molecule has 0 aliphatic heterocycles. The van der Waals surface area contributed by atoms with E-state index < -0.39 is 20.4 Å². The number of hydrogen-bond donors (Lipinski definition) is 1.